The van der Waals surface area contributed by atoms with Gasteiger partial charge in [-0.3, -0.25) is 0 Å². The van der Waals surface area contributed by atoms with Crippen molar-refractivity contribution in [3.05, 3.63) is 66.0 Å². The first-order chi connectivity index (χ1) is 9.92. The largest absolute Gasteiger partial charge is 0.423 e. The first-order valence-corrected chi connectivity index (χ1v) is 6.32. The van der Waals surface area contributed by atoms with E-state index in [-0.39, 0.29) is 5.96 Å². The molecule has 1 rings (SSSR count). The maximum Gasteiger partial charge on any atom is 0.343 e. The normalized spacial score (nSPS) is 10.5. The van der Waals surface area contributed by atoms with Gasteiger partial charge in [0, 0.05) is 0 Å². The number of rotatable bonds is 5. The molecule has 5 nitrogen and oxygen atoms in total. The van der Waals surface area contributed by atoms with Crippen LogP contribution in [0.25, 0.3) is 0 Å². The molecule has 0 amide bonds. The summed E-state index contributed by atoms with van der Waals surface area (Å²) in [6, 6.07) is 6.44. The van der Waals surface area contributed by atoms with Gasteiger partial charge in [-0.25, -0.2) is 9.79 Å². The Morgan fingerprint density at radius 1 is 1.19 bits per heavy atom. The van der Waals surface area contributed by atoms with Crippen LogP contribution in [-0.2, 0) is 4.74 Å². The van der Waals surface area contributed by atoms with E-state index in [1.807, 2.05) is 19.9 Å². The summed E-state index contributed by atoms with van der Waals surface area (Å²) in [7, 11) is 0. The fourth-order valence-electron chi connectivity index (χ4n) is 1.38. The molecular formula is C16H19N3O2. The highest BCUT2D eigenvalue weighted by atomic mass is 16.5. The smallest absolute Gasteiger partial charge is 0.343 e. The lowest BCUT2D eigenvalue weighted by atomic mass is 10.2. The van der Waals surface area contributed by atoms with Crippen LogP contribution in [0.1, 0.15) is 24.2 Å². The van der Waals surface area contributed by atoms with Crippen molar-refractivity contribution in [2.24, 2.45) is 16.5 Å². The number of nitrogens with two attached hydrogens (primary N) is 2. The van der Waals surface area contributed by atoms with E-state index < -0.39 is 5.97 Å². The number of esters is 1. The molecule has 0 spiro atoms. The van der Waals surface area contributed by atoms with Gasteiger partial charge in [0.1, 0.15) is 5.76 Å². The highest BCUT2D eigenvalue weighted by Crippen LogP contribution is 2.14. The molecule has 0 saturated carbocycles. The Labute approximate surface area is 124 Å². The van der Waals surface area contributed by atoms with Crippen molar-refractivity contribution in [3.63, 3.8) is 0 Å². The number of hydrogen-bond donors (Lipinski definition) is 2. The second-order valence-corrected chi connectivity index (χ2v) is 4.49. The molecule has 0 saturated heterocycles. The van der Waals surface area contributed by atoms with E-state index in [0.717, 1.165) is 5.57 Å². The van der Waals surface area contributed by atoms with Crippen molar-refractivity contribution < 1.29 is 9.53 Å². The standard InChI is InChI=1S/C16H19N3O2/c1-4-14(10-5-11(2)3)21-15(20)12-6-8-13(9-7-12)19-16(17)18/h4-10H,1H2,2-3H3,(H4,17,18,19)/b14-10+. The SMILES string of the molecule is C=C/C(=C\C=C(C)C)OC(=O)c1ccc(N=C(N)N)cc1. The number of guanidine groups is 1. The lowest BCUT2D eigenvalue weighted by Crippen LogP contribution is -2.21. The van der Waals surface area contributed by atoms with Crippen molar-refractivity contribution in [1.29, 1.82) is 0 Å². The lowest BCUT2D eigenvalue weighted by Gasteiger charge is -2.05. The van der Waals surface area contributed by atoms with Crippen LogP contribution in [0, 0.1) is 0 Å². The predicted octanol–water partition coefficient (Wildman–Crippen LogP) is 2.78. The van der Waals surface area contributed by atoms with Crippen molar-refractivity contribution in [3.8, 4) is 0 Å². The highest BCUT2D eigenvalue weighted by molar-refractivity contribution is 5.90. The third kappa shape index (κ3) is 5.78. The van der Waals surface area contributed by atoms with Crippen LogP contribution in [0.15, 0.2) is 65.4 Å². The van der Waals surface area contributed by atoms with Gasteiger partial charge in [-0.1, -0.05) is 18.2 Å². The quantitative estimate of drug-likeness (QED) is 0.286. The van der Waals surface area contributed by atoms with Crippen molar-refractivity contribution in [2.45, 2.75) is 13.8 Å². The summed E-state index contributed by atoms with van der Waals surface area (Å²) >= 11 is 0. The van der Waals surface area contributed by atoms with Crippen LogP contribution in [0.3, 0.4) is 0 Å². The first kappa shape index (κ1) is 16.2. The van der Waals surface area contributed by atoms with Crippen LogP contribution >= 0.6 is 0 Å². The summed E-state index contributed by atoms with van der Waals surface area (Å²) in [5.74, 6) is -0.127. The zero-order valence-electron chi connectivity index (χ0n) is 12.2. The second kappa shape index (κ2) is 7.69. The average molecular weight is 285 g/mol. The molecule has 0 aromatic heterocycles. The fraction of sp³-hybridized carbons (Fsp3) is 0.125. The van der Waals surface area contributed by atoms with E-state index >= 15 is 0 Å². The Hall–Kier alpha value is -2.82. The Bertz CT molecular complexity index is 603. The van der Waals surface area contributed by atoms with E-state index in [2.05, 4.69) is 11.6 Å². The van der Waals surface area contributed by atoms with Crippen molar-refractivity contribution in [1.82, 2.24) is 0 Å². The number of hydrogen-bond acceptors (Lipinski definition) is 3. The van der Waals surface area contributed by atoms with E-state index in [1.54, 1.807) is 30.3 Å². The van der Waals surface area contributed by atoms with E-state index in [0.29, 0.717) is 17.0 Å². The minimum Gasteiger partial charge on any atom is -0.423 e. The molecule has 0 bridgehead atoms. The molecule has 110 valence electrons. The number of ether oxygens (including phenoxy) is 1. The molecule has 0 radical (unpaired) electrons. The highest BCUT2D eigenvalue weighted by Gasteiger charge is 2.08. The minimum atomic E-state index is -0.473. The predicted molar refractivity (Wildman–Crippen MR) is 85.0 cm³/mol. The number of aliphatic imine (C=N–C) groups is 1. The third-order valence-electron chi connectivity index (χ3n) is 2.35. The third-order valence-corrected chi connectivity index (χ3v) is 2.35. The molecule has 5 heteroatoms. The molecule has 1 aromatic rings. The van der Waals surface area contributed by atoms with Gasteiger partial charge >= 0.3 is 5.97 Å². The fourth-order valence-corrected chi connectivity index (χ4v) is 1.38. The molecule has 0 atom stereocenters. The monoisotopic (exact) mass is 285 g/mol. The van der Waals surface area contributed by atoms with E-state index in [9.17, 15) is 4.79 Å². The van der Waals surface area contributed by atoms with Crippen LogP contribution in [0.4, 0.5) is 5.69 Å². The Balaban J connectivity index is 2.84. The molecule has 21 heavy (non-hydrogen) atoms. The van der Waals surface area contributed by atoms with Crippen molar-refractivity contribution >= 4 is 17.6 Å². The summed E-state index contributed by atoms with van der Waals surface area (Å²) in [5.41, 5.74) is 12.6. The Morgan fingerprint density at radius 2 is 1.81 bits per heavy atom. The summed E-state index contributed by atoms with van der Waals surface area (Å²) < 4.78 is 5.23. The van der Waals surface area contributed by atoms with Gasteiger partial charge < -0.3 is 16.2 Å². The number of allylic oxidation sites excluding steroid dienone is 4. The molecule has 0 unspecified atom stereocenters. The Kier molecular flexibility index (Phi) is 5.95. The summed E-state index contributed by atoms with van der Waals surface area (Å²) in [5, 5.41) is 0. The van der Waals surface area contributed by atoms with E-state index in [1.165, 1.54) is 6.08 Å². The summed E-state index contributed by atoms with van der Waals surface area (Å²) in [4.78, 5) is 15.8. The number of benzene rings is 1. The maximum absolute atomic E-state index is 12.0. The van der Waals surface area contributed by atoms with Crippen molar-refractivity contribution in [2.75, 3.05) is 0 Å². The van der Waals surface area contributed by atoms with Crippen LogP contribution < -0.4 is 11.5 Å². The van der Waals surface area contributed by atoms with Crippen LogP contribution in [0.2, 0.25) is 0 Å². The molecule has 0 aliphatic rings. The number of carbonyl (C=O) groups is 1. The molecule has 0 fully saturated rings. The molecular weight excluding hydrogens is 266 g/mol. The van der Waals surface area contributed by atoms with Crippen LogP contribution in [-0.4, -0.2) is 11.9 Å². The second-order valence-electron chi connectivity index (χ2n) is 4.49. The summed E-state index contributed by atoms with van der Waals surface area (Å²) in [6.07, 6.45) is 5.01. The van der Waals surface area contributed by atoms with Gasteiger partial charge in [0.15, 0.2) is 5.96 Å². The Morgan fingerprint density at radius 3 is 2.29 bits per heavy atom. The zero-order chi connectivity index (χ0) is 15.8. The lowest BCUT2D eigenvalue weighted by molar-refractivity contribution is 0.0637. The average Bonchev–Trinajstić information content (AvgIpc) is 2.43. The molecule has 1 aromatic carbocycles. The van der Waals surface area contributed by atoms with Gasteiger partial charge in [0.05, 0.1) is 11.3 Å². The van der Waals surface area contributed by atoms with Gasteiger partial charge in [-0.15, -0.1) is 0 Å². The first-order valence-electron chi connectivity index (χ1n) is 6.32. The number of carbonyl (C=O) groups excluding carboxylic acids is 1. The van der Waals surface area contributed by atoms with Gasteiger partial charge in [-0.05, 0) is 50.3 Å². The summed E-state index contributed by atoms with van der Waals surface area (Å²) in [6.45, 7) is 7.50. The van der Waals surface area contributed by atoms with E-state index in [4.69, 9.17) is 16.2 Å². The van der Waals surface area contributed by atoms with Gasteiger partial charge in [0.25, 0.3) is 0 Å². The van der Waals surface area contributed by atoms with Gasteiger partial charge in [-0.2, -0.15) is 0 Å². The molecule has 0 heterocycles. The zero-order valence-corrected chi connectivity index (χ0v) is 12.2. The maximum atomic E-state index is 12.0. The topological polar surface area (TPSA) is 90.7 Å². The number of nitrogens with zero attached hydrogens (tertiary/aromatic N) is 1. The van der Waals surface area contributed by atoms with Crippen LogP contribution in [0.5, 0.6) is 0 Å². The molecule has 0 aliphatic heterocycles. The van der Waals surface area contributed by atoms with Gasteiger partial charge in [0.2, 0.25) is 0 Å². The molecule has 0 aliphatic carbocycles. The minimum absolute atomic E-state index is 0.0380. The molecule has 4 N–H and O–H groups in total.